The van der Waals surface area contributed by atoms with Crippen molar-refractivity contribution < 1.29 is 4.74 Å². The van der Waals surface area contributed by atoms with Crippen molar-refractivity contribution in [2.75, 3.05) is 7.11 Å². The summed E-state index contributed by atoms with van der Waals surface area (Å²) in [5, 5.41) is 2.25. The van der Waals surface area contributed by atoms with Crippen LogP contribution >= 0.6 is 0 Å². The number of fused-ring (bicyclic) bond motifs is 1. The Balaban J connectivity index is 2.09. The van der Waals surface area contributed by atoms with Crippen LogP contribution in [0.1, 0.15) is 17.3 Å². The highest BCUT2D eigenvalue weighted by atomic mass is 16.5. The van der Waals surface area contributed by atoms with E-state index in [2.05, 4.69) is 22.5 Å². The van der Waals surface area contributed by atoms with E-state index in [0.717, 1.165) is 27.8 Å². The summed E-state index contributed by atoms with van der Waals surface area (Å²) in [6.45, 7) is 0. The van der Waals surface area contributed by atoms with Gasteiger partial charge in [-0.3, -0.25) is 10.8 Å². The van der Waals surface area contributed by atoms with Crippen LogP contribution in [-0.4, -0.2) is 12.1 Å². The molecule has 3 N–H and O–H groups in total. The van der Waals surface area contributed by atoms with E-state index in [1.807, 2.05) is 48.7 Å². The average molecular weight is 279 g/mol. The molecule has 0 aliphatic rings. The quantitative estimate of drug-likeness (QED) is 0.569. The number of rotatable bonds is 4. The highest BCUT2D eigenvalue weighted by Gasteiger charge is 2.16. The van der Waals surface area contributed by atoms with Gasteiger partial charge in [-0.15, -0.1) is 0 Å². The number of hydrogen-bond acceptors (Lipinski definition) is 4. The van der Waals surface area contributed by atoms with Crippen molar-refractivity contribution in [1.82, 2.24) is 10.4 Å². The Morgan fingerprint density at radius 2 is 1.81 bits per heavy atom. The molecule has 1 atom stereocenters. The maximum Gasteiger partial charge on any atom is 0.118 e. The number of aromatic nitrogens is 1. The number of pyridine rings is 1. The Labute approximate surface area is 123 Å². The SMILES string of the molecule is COc1ccc(C(NN)c2nccc3ccccc23)cc1. The minimum Gasteiger partial charge on any atom is -0.497 e. The first kappa shape index (κ1) is 13.5. The molecule has 3 rings (SSSR count). The average Bonchev–Trinajstić information content (AvgIpc) is 2.56. The molecule has 0 bridgehead atoms. The molecular formula is C17H17N3O. The zero-order chi connectivity index (χ0) is 14.7. The monoisotopic (exact) mass is 279 g/mol. The van der Waals surface area contributed by atoms with Gasteiger partial charge in [0, 0.05) is 11.6 Å². The molecule has 3 aromatic rings. The number of nitrogens with zero attached hydrogens (tertiary/aromatic N) is 1. The van der Waals surface area contributed by atoms with Crippen LogP contribution in [0.25, 0.3) is 10.8 Å². The maximum atomic E-state index is 5.78. The lowest BCUT2D eigenvalue weighted by molar-refractivity contribution is 0.414. The van der Waals surface area contributed by atoms with Crippen LogP contribution in [0.3, 0.4) is 0 Å². The Morgan fingerprint density at radius 1 is 1.05 bits per heavy atom. The summed E-state index contributed by atoms with van der Waals surface area (Å²) in [6.07, 6.45) is 1.81. The summed E-state index contributed by atoms with van der Waals surface area (Å²) >= 11 is 0. The van der Waals surface area contributed by atoms with Gasteiger partial charge in [0.25, 0.3) is 0 Å². The van der Waals surface area contributed by atoms with Crippen LogP contribution in [0.4, 0.5) is 0 Å². The van der Waals surface area contributed by atoms with Crippen LogP contribution in [0, 0.1) is 0 Å². The van der Waals surface area contributed by atoms with Gasteiger partial charge in [-0.25, -0.2) is 5.43 Å². The summed E-state index contributed by atoms with van der Waals surface area (Å²) in [4.78, 5) is 4.52. The lowest BCUT2D eigenvalue weighted by atomic mass is 9.99. The van der Waals surface area contributed by atoms with Crippen molar-refractivity contribution >= 4 is 10.8 Å². The molecule has 0 aliphatic heterocycles. The number of ether oxygens (including phenoxy) is 1. The number of nitrogens with one attached hydrogen (secondary N) is 1. The standard InChI is InChI=1S/C17H17N3O/c1-21-14-8-6-13(7-9-14)16(20-18)17-15-5-3-2-4-12(15)10-11-19-17/h2-11,16,20H,18H2,1H3. The number of hydrogen-bond donors (Lipinski definition) is 2. The first-order valence-corrected chi connectivity index (χ1v) is 6.77. The van der Waals surface area contributed by atoms with Crippen molar-refractivity contribution in [2.45, 2.75) is 6.04 Å². The third-order valence-electron chi connectivity index (χ3n) is 3.59. The van der Waals surface area contributed by atoms with Gasteiger partial charge in [-0.05, 0) is 29.1 Å². The molecule has 2 aromatic carbocycles. The zero-order valence-electron chi connectivity index (χ0n) is 11.8. The molecule has 0 saturated carbocycles. The number of benzene rings is 2. The number of hydrazine groups is 1. The van der Waals surface area contributed by atoms with E-state index >= 15 is 0 Å². The smallest absolute Gasteiger partial charge is 0.118 e. The highest BCUT2D eigenvalue weighted by Crippen LogP contribution is 2.27. The molecule has 1 heterocycles. The van der Waals surface area contributed by atoms with Gasteiger partial charge in [0.2, 0.25) is 0 Å². The zero-order valence-corrected chi connectivity index (χ0v) is 11.8. The second kappa shape index (κ2) is 5.91. The molecule has 0 fully saturated rings. The molecule has 0 aliphatic carbocycles. The molecule has 1 unspecified atom stereocenters. The maximum absolute atomic E-state index is 5.78. The summed E-state index contributed by atoms with van der Waals surface area (Å²) in [5.74, 6) is 6.60. The van der Waals surface area contributed by atoms with Crippen molar-refractivity contribution in [3.63, 3.8) is 0 Å². The first-order valence-electron chi connectivity index (χ1n) is 6.77. The fraction of sp³-hybridized carbons (Fsp3) is 0.118. The molecule has 1 aromatic heterocycles. The summed E-state index contributed by atoms with van der Waals surface area (Å²) in [7, 11) is 1.65. The fourth-order valence-electron chi connectivity index (χ4n) is 2.50. The summed E-state index contributed by atoms with van der Waals surface area (Å²) in [5.41, 5.74) is 4.82. The predicted molar refractivity (Wildman–Crippen MR) is 83.9 cm³/mol. The topological polar surface area (TPSA) is 60.2 Å². The van der Waals surface area contributed by atoms with Gasteiger partial charge in [0.05, 0.1) is 18.8 Å². The molecule has 4 heteroatoms. The second-order valence-electron chi connectivity index (χ2n) is 4.79. The summed E-state index contributed by atoms with van der Waals surface area (Å²) < 4.78 is 5.19. The minimum absolute atomic E-state index is 0.165. The molecule has 106 valence electrons. The molecule has 21 heavy (non-hydrogen) atoms. The van der Waals surface area contributed by atoms with Crippen molar-refractivity contribution in [3.05, 3.63) is 72.1 Å². The fourth-order valence-corrected chi connectivity index (χ4v) is 2.50. The van der Waals surface area contributed by atoms with E-state index in [4.69, 9.17) is 10.6 Å². The molecule has 0 radical (unpaired) electrons. The third-order valence-corrected chi connectivity index (χ3v) is 3.59. The Bertz CT molecular complexity index is 735. The van der Waals surface area contributed by atoms with Gasteiger partial charge >= 0.3 is 0 Å². The van der Waals surface area contributed by atoms with E-state index in [9.17, 15) is 0 Å². The lowest BCUT2D eigenvalue weighted by Crippen LogP contribution is -2.29. The van der Waals surface area contributed by atoms with Crippen LogP contribution in [0.2, 0.25) is 0 Å². The molecule has 0 amide bonds. The van der Waals surface area contributed by atoms with Crippen LogP contribution in [0.15, 0.2) is 60.8 Å². The molecule has 0 saturated heterocycles. The van der Waals surface area contributed by atoms with Crippen LogP contribution in [0.5, 0.6) is 5.75 Å². The molecule has 4 nitrogen and oxygen atoms in total. The first-order chi connectivity index (χ1) is 10.3. The van der Waals surface area contributed by atoms with Crippen molar-refractivity contribution in [2.24, 2.45) is 5.84 Å². The van der Waals surface area contributed by atoms with E-state index in [-0.39, 0.29) is 6.04 Å². The van der Waals surface area contributed by atoms with E-state index in [0.29, 0.717) is 0 Å². The largest absolute Gasteiger partial charge is 0.497 e. The van der Waals surface area contributed by atoms with Gasteiger partial charge in [-0.2, -0.15) is 0 Å². The highest BCUT2D eigenvalue weighted by molar-refractivity contribution is 5.85. The van der Waals surface area contributed by atoms with E-state index in [1.54, 1.807) is 7.11 Å². The number of nitrogens with two attached hydrogens (primary N) is 1. The third kappa shape index (κ3) is 2.59. The van der Waals surface area contributed by atoms with E-state index < -0.39 is 0 Å². The lowest BCUT2D eigenvalue weighted by Gasteiger charge is -2.18. The second-order valence-corrected chi connectivity index (χ2v) is 4.79. The Morgan fingerprint density at radius 3 is 2.52 bits per heavy atom. The molecular weight excluding hydrogens is 262 g/mol. The van der Waals surface area contributed by atoms with E-state index in [1.165, 1.54) is 0 Å². The van der Waals surface area contributed by atoms with Gasteiger partial charge in [0.15, 0.2) is 0 Å². The number of methoxy groups -OCH3 is 1. The van der Waals surface area contributed by atoms with Gasteiger partial charge in [-0.1, -0.05) is 36.4 Å². The van der Waals surface area contributed by atoms with Crippen LogP contribution < -0.4 is 16.0 Å². The van der Waals surface area contributed by atoms with Crippen LogP contribution in [-0.2, 0) is 0 Å². The Hall–Kier alpha value is -2.43. The normalized spacial score (nSPS) is 12.3. The van der Waals surface area contributed by atoms with Crippen molar-refractivity contribution in [1.29, 1.82) is 0 Å². The molecule has 0 spiro atoms. The van der Waals surface area contributed by atoms with Gasteiger partial charge < -0.3 is 4.74 Å². The predicted octanol–water partition coefficient (Wildman–Crippen LogP) is 2.80. The summed E-state index contributed by atoms with van der Waals surface area (Å²) in [6, 6.07) is 17.8. The van der Waals surface area contributed by atoms with Crippen molar-refractivity contribution in [3.8, 4) is 5.75 Å². The Kier molecular flexibility index (Phi) is 3.81. The minimum atomic E-state index is -0.165. The van der Waals surface area contributed by atoms with Gasteiger partial charge in [0.1, 0.15) is 5.75 Å².